The van der Waals surface area contributed by atoms with Crippen LogP contribution in [0.2, 0.25) is 0 Å². The number of piperazine rings is 1. The number of thiophene rings is 1. The number of ether oxygens (including phenoxy) is 1. The largest absolute Gasteiger partial charge is 0.383 e. The van der Waals surface area contributed by atoms with E-state index in [4.69, 9.17) is 4.74 Å². The van der Waals surface area contributed by atoms with Crippen molar-refractivity contribution in [2.24, 2.45) is 0 Å². The average molecular weight is 504 g/mol. The summed E-state index contributed by atoms with van der Waals surface area (Å²) in [6.45, 7) is 8.03. The van der Waals surface area contributed by atoms with Gasteiger partial charge in [-0.1, -0.05) is 36.4 Å². The first-order valence-electron chi connectivity index (χ1n) is 12.5. The predicted octanol–water partition coefficient (Wildman–Crippen LogP) is 4.64. The molecule has 0 aliphatic carbocycles. The maximum absolute atomic E-state index is 14.3. The number of methoxy groups -OCH3 is 1. The molecular formula is C29H33N3O3S. The van der Waals surface area contributed by atoms with Crippen LogP contribution in [0.25, 0.3) is 0 Å². The number of carbonyl (C=O) groups is 2. The molecule has 6 nitrogen and oxygen atoms in total. The zero-order valence-electron chi connectivity index (χ0n) is 21.1. The van der Waals surface area contributed by atoms with E-state index in [-0.39, 0.29) is 17.9 Å². The second-order valence-electron chi connectivity index (χ2n) is 9.62. The van der Waals surface area contributed by atoms with Crippen molar-refractivity contribution in [1.29, 1.82) is 0 Å². The highest BCUT2D eigenvalue weighted by Gasteiger charge is 2.46. The third-order valence-electron chi connectivity index (χ3n) is 7.37. The number of fused-ring (bicyclic) bond motifs is 1. The Morgan fingerprint density at radius 2 is 1.81 bits per heavy atom. The molecule has 1 aromatic heterocycles. The van der Waals surface area contributed by atoms with Crippen molar-refractivity contribution in [3.05, 3.63) is 87.1 Å². The van der Waals surface area contributed by atoms with Gasteiger partial charge in [0.2, 0.25) is 5.91 Å². The molecule has 2 aliphatic rings. The van der Waals surface area contributed by atoms with Crippen LogP contribution < -0.4 is 4.90 Å². The van der Waals surface area contributed by atoms with Crippen molar-refractivity contribution in [3.63, 3.8) is 0 Å². The van der Waals surface area contributed by atoms with Gasteiger partial charge in [0, 0.05) is 56.0 Å². The molecule has 0 saturated carbocycles. The van der Waals surface area contributed by atoms with E-state index in [0.29, 0.717) is 31.8 Å². The Balaban J connectivity index is 1.46. The number of nitrogens with zero attached hydrogens (tertiary/aromatic N) is 3. The highest BCUT2D eigenvalue weighted by Crippen LogP contribution is 2.45. The first kappa shape index (κ1) is 24.5. The lowest BCUT2D eigenvalue weighted by atomic mass is 9.81. The van der Waals surface area contributed by atoms with Crippen LogP contribution in [0.3, 0.4) is 0 Å². The summed E-state index contributed by atoms with van der Waals surface area (Å²) in [6.07, 6.45) is 0. The normalized spacial score (nSPS) is 20.0. The van der Waals surface area contributed by atoms with Gasteiger partial charge in [-0.25, -0.2) is 0 Å². The summed E-state index contributed by atoms with van der Waals surface area (Å²) >= 11 is 1.60. The minimum absolute atomic E-state index is 0.0372. The first-order chi connectivity index (χ1) is 17.5. The van der Waals surface area contributed by atoms with Gasteiger partial charge in [-0.2, -0.15) is 0 Å². The van der Waals surface area contributed by atoms with Crippen LogP contribution in [0.5, 0.6) is 0 Å². The molecule has 5 rings (SSSR count). The molecule has 1 fully saturated rings. The number of carbonyl (C=O) groups excluding carboxylic acids is 2. The average Bonchev–Trinajstić information content (AvgIpc) is 3.44. The number of anilines is 1. The Bertz CT molecular complexity index is 1230. The fourth-order valence-electron chi connectivity index (χ4n) is 5.49. The van der Waals surface area contributed by atoms with Gasteiger partial charge in [-0.3, -0.25) is 9.59 Å². The van der Waals surface area contributed by atoms with Crippen LogP contribution in [0.4, 0.5) is 5.69 Å². The topological polar surface area (TPSA) is 53.1 Å². The molecule has 0 spiro atoms. The number of rotatable bonds is 6. The van der Waals surface area contributed by atoms with Gasteiger partial charge in [0.1, 0.15) is 0 Å². The minimum atomic E-state index is -0.443. The van der Waals surface area contributed by atoms with Gasteiger partial charge >= 0.3 is 0 Å². The smallest absolute Gasteiger partial charge is 0.254 e. The van der Waals surface area contributed by atoms with E-state index in [1.165, 1.54) is 16.8 Å². The van der Waals surface area contributed by atoms with Crippen molar-refractivity contribution < 1.29 is 14.3 Å². The van der Waals surface area contributed by atoms with E-state index in [1.807, 2.05) is 51.6 Å². The summed E-state index contributed by atoms with van der Waals surface area (Å²) in [5, 5.41) is 2.01. The fraction of sp³-hybridized carbons (Fsp3) is 0.379. The summed E-state index contributed by atoms with van der Waals surface area (Å²) < 4.78 is 5.34. The fourth-order valence-corrected chi connectivity index (χ4v) is 6.37. The molecule has 7 heteroatoms. The van der Waals surface area contributed by atoms with E-state index in [2.05, 4.69) is 36.9 Å². The summed E-state index contributed by atoms with van der Waals surface area (Å²) in [5.41, 5.74) is 5.20. The molecule has 0 radical (unpaired) electrons. The van der Waals surface area contributed by atoms with Crippen LogP contribution >= 0.6 is 11.3 Å². The lowest BCUT2D eigenvalue weighted by molar-refractivity contribution is -0.135. The molecule has 2 aliphatic heterocycles. The summed E-state index contributed by atoms with van der Waals surface area (Å²) in [7, 11) is 1.64. The molecule has 0 bridgehead atoms. The number of aryl methyl sites for hydroxylation is 2. The molecule has 36 heavy (non-hydrogen) atoms. The van der Waals surface area contributed by atoms with E-state index >= 15 is 0 Å². The lowest BCUT2D eigenvalue weighted by Crippen LogP contribution is -2.53. The maximum Gasteiger partial charge on any atom is 0.254 e. The molecule has 0 N–H and O–H groups in total. The molecule has 2 aromatic carbocycles. The molecule has 0 unspecified atom stereocenters. The second kappa shape index (κ2) is 10.4. The van der Waals surface area contributed by atoms with E-state index in [0.717, 1.165) is 23.5 Å². The van der Waals surface area contributed by atoms with Crippen LogP contribution in [-0.4, -0.2) is 68.1 Å². The van der Waals surface area contributed by atoms with Gasteiger partial charge in [-0.15, -0.1) is 11.3 Å². The molecule has 188 valence electrons. The number of hydrogen-bond donors (Lipinski definition) is 0. The van der Waals surface area contributed by atoms with Crippen molar-refractivity contribution in [2.45, 2.75) is 25.8 Å². The summed E-state index contributed by atoms with van der Waals surface area (Å²) in [6, 6.07) is 17.8. The zero-order chi connectivity index (χ0) is 25.2. The number of hydrogen-bond acceptors (Lipinski definition) is 5. The standard InChI is InChI=1S/C29H33N3O3S/c1-20-10-11-21(2)24(19-20)30-12-14-31(15-13-30)29(34)26-22-7-4-5-8-23(22)28(33)32(16-17-35-3)27(26)25-9-6-18-36-25/h4-11,18-19,26-27H,12-17H2,1-3H3/t26-,27-/m0/s1. The van der Waals surface area contributed by atoms with Gasteiger partial charge in [-0.05, 0) is 54.1 Å². The Labute approximate surface area is 217 Å². The van der Waals surface area contributed by atoms with Crippen LogP contribution in [0.15, 0.2) is 60.0 Å². The molecule has 2 atom stereocenters. The SMILES string of the molecule is COCCN1C(=O)c2ccccc2[C@H](C(=O)N2CCN(c3cc(C)ccc3C)CC2)[C@@H]1c1cccs1. The van der Waals surface area contributed by atoms with Crippen molar-refractivity contribution >= 4 is 28.8 Å². The van der Waals surface area contributed by atoms with Crippen LogP contribution in [0, 0.1) is 13.8 Å². The van der Waals surface area contributed by atoms with E-state index < -0.39 is 5.92 Å². The Morgan fingerprint density at radius 1 is 1.03 bits per heavy atom. The van der Waals surface area contributed by atoms with Crippen molar-refractivity contribution in [2.75, 3.05) is 51.3 Å². The van der Waals surface area contributed by atoms with Gasteiger partial charge in [0.15, 0.2) is 0 Å². The first-order valence-corrected chi connectivity index (χ1v) is 13.4. The van der Waals surface area contributed by atoms with Crippen molar-refractivity contribution in [3.8, 4) is 0 Å². The quantitative estimate of drug-likeness (QED) is 0.492. The number of benzene rings is 2. The lowest BCUT2D eigenvalue weighted by Gasteiger charge is -2.44. The minimum Gasteiger partial charge on any atom is -0.383 e. The Hall–Kier alpha value is -3.16. The Kier molecular flexibility index (Phi) is 7.12. The third-order valence-corrected chi connectivity index (χ3v) is 8.32. The van der Waals surface area contributed by atoms with Gasteiger partial charge in [0.05, 0.1) is 18.6 Å². The number of amides is 2. The van der Waals surface area contributed by atoms with E-state index in [1.54, 1.807) is 18.4 Å². The molecule has 2 amide bonds. The van der Waals surface area contributed by atoms with Gasteiger partial charge < -0.3 is 19.4 Å². The third kappa shape index (κ3) is 4.53. The van der Waals surface area contributed by atoms with Gasteiger partial charge in [0.25, 0.3) is 5.91 Å². The summed E-state index contributed by atoms with van der Waals surface area (Å²) in [5.74, 6) is -0.386. The maximum atomic E-state index is 14.3. The summed E-state index contributed by atoms with van der Waals surface area (Å²) in [4.78, 5) is 35.1. The van der Waals surface area contributed by atoms with Crippen LogP contribution in [-0.2, 0) is 9.53 Å². The highest BCUT2D eigenvalue weighted by atomic mass is 32.1. The van der Waals surface area contributed by atoms with E-state index in [9.17, 15) is 9.59 Å². The Morgan fingerprint density at radius 3 is 2.53 bits per heavy atom. The van der Waals surface area contributed by atoms with Crippen molar-refractivity contribution in [1.82, 2.24) is 9.80 Å². The molecule has 3 heterocycles. The second-order valence-corrected chi connectivity index (χ2v) is 10.6. The molecular weight excluding hydrogens is 470 g/mol. The molecule has 3 aromatic rings. The predicted molar refractivity (Wildman–Crippen MR) is 144 cm³/mol. The zero-order valence-corrected chi connectivity index (χ0v) is 22.0. The van der Waals surface area contributed by atoms with Crippen LogP contribution in [0.1, 0.15) is 43.9 Å². The highest BCUT2D eigenvalue weighted by molar-refractivity contribution is 7.10. The molecule has 1 saturated heterocycles. The monoisotopic (exact) mass is 503 g/mol.